The third-order valence-corrected chi connectivity index (χ3v) is 4.49. The minimum absolute atomic E-state index is 0.365. The van der Waals surface area contributed by atoms with E-state index >= 15 is 0 Å². The first-order valence-corrected chi connectivity index (χ1v) is 9.69. The Kier molecular flexibility index (Phi) is 7.17. The monoisotopic (exact) mass is 387 g/mol. The quantitative estimate of drug-likeness (QED) is 0.415. The maximum absolute atomic E-state index is 12.6. The second-order valence-corrected chi connectivity index (χ2v) is 6.53. The van der Waals surface area contributed by atoms with E-state index in [1.165, 1.54) is 7.11 Å². The lowest BCUT2D eigenvalue weighted by Gasteiger charge is -2.15. The molecule has 0 aliphatic carbocycles. The minimum Gasteiger partial charge on any atom is -0.494 e. The molecule has 148 valence electrons. The number of hydrogen-bond acceptors (Lipinski definition) is 4. The second-order valence-electron chi connectivity index (χ2n) is 6.53. The summed E-state index contributed by atoms with van der Waals surface area (Å²) in [6, 6.07) is 26.9. The first kappa shape index (κ1) is 20.3. The Bertz CT molecular complexity index is 911. The fourth-order valence-electron chi connectivity index (χ4n) is 3.13. The zero-order chi connectivity index (χ0) is 20.5. The molecule has 4 nitrogen and oxygen atoms in total. The lowest BCUT2D eigenvalue weighted by molar-refractivity contribution is -0.142. The van der Waals surface area contributed by atoms with Gasteiger partial charge in [-0.2, -0.15) is 0 Å². The number of aliphatic imine (C=N–C) groups is 1. The fourth-order valence-corrected chi connectivity index (χ4v) is 3.13. The molecule has 0 aromatic heterocycles. The highest BCUT2D eigenvalue weighted by atomic mass is 16.5. The van der Waals surface area contributed by atoms with Gasteiger partial charge in [0.2, 0.25) is 0 Å². The summed E-state index contributed by atoms with van der Waals surface area (Å²) < 4.78 is 10.6. The number of carbonyl (C=O) groups is 1. The van der Waals surface area contributed by atoms with Crippen LogP contribution < -0.4 is 4.74 Å². The highest BCUT2D eigenvalue weighted by Gasteiger charge is 2.21. The molecule has 0 aliphatic rings. The average molecular weight is 387 g/mol. The van der Waals surface area contributed by atoms with Gasteiger partial charge in [0.05, 0.1) is 19.4 Å². The summed E-state index contributed by atoms with van der Waals surface area (Å²) in [6.07, 6.45) is 0.427. The van der Waals surface area contributed by atoms with Crippen molar-refractivity contribution < 1.29 is 14.3 Å². The third kappa shape index (κ3) is 5.55. The van der Waals surface area contributed by atoms with Gasteiger partial charge in [0.25, 0.3) is 0 Å². The van der Waals surface area contributed by atoms with Gasteiger partial charge >= 0.3 is 5.97 Å². The van der Waals surface area contributed by atoms with Gasteiger partial charge in [0.15, 0.2) is 6.04 Å². The molecule has 0 heterocycles. The van der Waals surface area contributed by atoms with Crippen molar-refractivity contribution in [2.45, 2.75) is 19.4 Å². The summed E-state index contributed by atoms with van der Waals surface area (Å²) in [5.74, 6) is 0.417. The molecule has 4 heteroatoms. The molecule has 0 saturated heterocycles. The number of rotatable bonds is 8. The van der Waals surface area contributed by atoms with Crippen molar-refractivity contribution in [2.24, 2.45) is 4.99 Å². The van der Waals surface area contributed by atoms with Crippen LogP contribution in [0.2, 0.25) is 0 Å². The number of hydrogen-bond donors (Lipinski definition) is 0. The molecule has 1 atom stereocenters. The van der Waals surface area contributed by atoms with Crippen molar-refractivity contribution in [1.29, 1.82) is 0 Å². The lowest BCUT2D eigenvalue weighted by atomic mass is 10.0. The molecule has 0 unspecified atom stereocenters. The molecule has 0 bridgehead atoms. The van der Waals surface area contributed by atoms with E-state index in [0.717, 1.165) is 28.2 Å². The predicted molar refractivity (Wildman–Crippen MR) is 116 cm³/mol. The van der Waals surface area contributed by atoms with Gasteiger partial charge in [-0.3, -0.25) is 4.99 Å². The molecule has 0 N–H and O–H groups in total. The number of nitrogens with zero attached hydrogens (tertiary/aromatic N) is 1. The Morgan fingerprint density at radius 1 is 0.897 bits per heavy atom. The van der Waals surface area contributed by atoms with Crippen LogP contribution in [-0.4, -0.2) is 31.4 Å². The predicted octanol–water partition coefficient (Wildman–Crippen LogP) is 4.71. The molecule has 0 radical (unpaired) electrons. The second kappa shape index (κ2) is 10.2. The van der Waals surface area contributed by atoms with E-state index < -0.39 is 6.04 Å². The topological polar surface area (TPSA) is 47.9 Å². The van der Waals surface area contributed by atoms with E-state index in [1.807, 2.05) is 91.9 Å². The van der Waals surface area contributed by atoms with Gasteiger partial charge in [-0.1, -0.05) is 72.8 Å². The standard InChI is InChI=1S/C25H25NO3/c1-3-29-22-16-10-11-19(17-22)18-23(25(27)28-2)26-24(20-12-6-4-7-13-20)21-14-8-5-9-15-21/h4-17,23H,3,18H2,1-2H3/t23-/m0/s1. The van der Waals surface area contributed by atoms with Crippen LogP contribution in [-0.2, 0) is 16.0 Å². The minimum atomic E-state index is -0.660. The first-order valence-electron chi connectivity index (χ1n) is 9.69. The van der Waals surface area contributed by atoms with Crippen LogP contribution in [0.5, 0.6) is 5.75 Å². The van der Waals surface area contributed by atoms with Crippen molar-refractivity contribution in [3.63, 3.8) is 0 Å². The van der Waals surface area contributed by atoms with E-state index in [-0.39, 0.29) is 5.97 Å². The molecule has 3 aromatic rings. The zero-order valence-electron chi connectivity index (χ0n) is 16.7. The number of ether oxygens (including phenoxy) is 2. The maximum Gasteiger partial charge on any atom is 0.330 e. The zero-order valence-corrected chi connectivity index (χ0v) is 16.7. The molecule has 3 aromatic carbocycles. The van der Waals surface area contributed by atoms with Crippen LogP contribution in [0.3, 0.4) is 0 Å². The average Bonchev–Trinajstić information content (AvgIpc) is 2.77. The van der Waals surface area contributed by atoms with Gasteiger partial charge in [-0.15, -0.1) is 0 Å². The number of benzene rings is 3. The van der Waals surface area contributed by atoms with E-state index in [1.54, 1.807) is 0 Å². The molecule has 29 heavy (non-hydrogen) atoms. The number of carbonyl (C=O) groups excluding carboxylic acids is 1. The highest BCUT2D eigenvalue weighted by molar-refractivity contribution is 6.13. The molecule has 0 spiro atoms. The molecule has 0 aliphatic heterocycles. The van der Waals surface area contributed by atoms with Crippen molar-refractivity contribution in [1.82, 2.24) is 0 Å². The van der Waals surface area contributed by atoms with Gasteiger partial charge in [0, 0.05) is 17.5 Å². The lowest BCUT2D eigenvalue weighted by Crippen LogP contribution is -2.25. The third-order valence-electron chi connectivity index (χ3n) is 4.49. The van der Waals surface area contributed by atoms with Crippen molar-refractivity contribution in [2.75, 3.05) is 13.7 Å². The molecule has 0 fully saturated rings. The molecule has 0 amide bonds. The highest BCUT2D eigenvalue weighted by Crippen LogP contribution is 2.18. The first-order chi connectivity index (χ1) is 14.2. The van der Waals surface area contributed by atoms with Crippen LogP contribution in [0.1, 0.15) is 23.6 Å². The Morgan fingerprint density at radius 3 is 2.07 bits per heavy atom. The van der Waals surface area contributed by atoms with Crippen LogP contribution in [0.4, 0.5) is 0 Å². The van der Waals surface area contributed by atoms with E-state index in [0.29, 0.717) is 13.0 Å². The van der Waals surface area contributed by atoms with Gasteiger partial charge in [0.1, 0.15) is 5.75 Å². The number of esters is 1. The van der Waals surface area contributed by atoms with Gasteiger partial charge < -0.3 is 9.47 Å². The van der Waals surface area contributed by atoms with Crippen LogP contribution >= 0.6 is 0 Å². The smallest absolute Gasteiger partial charge is 0.330 e. The van der Waals surface area contributed by atoms with Crippen LogP contribution in [0.25, 0.3) is 0 Å². The van der Waals surface area contributed by atoms with E-state index in [9.17, 15) is 4.79 Å². The summed E-state index contributed by atoms with van der Waals surface area (Å²) in [7, 11) is 1.40. The Balaban J connectivity index is 2.00. The van der Waals surface area contributed by atoms with Gasteiger partial charge in [-0.25, -0.2) is 4.79 Å². The van der Waals surface area contributed by atoms with Crippen LogP contribution in [0.15, 0.2) is 89.9 Å². The fraction of sp³-hybridized carbons (Fsp3) is 0.200. The Morgan fingerprint density at radius 2 is 1.52 bits per heavy atom. The van der Waals surface area contributed by atoms with E-state index in [4.69, 9.17) is 14.5 Å². The van der Waals surface area contributed by atoms with Crippen molar-refractivity contribution >= 4 is 11.7 Å². The van der Waals surface area contributed by atoms with E-state index in [2.05, 4.69) is 0 Å². The summed E-state index contributed by atoms with van der Waals surface area (Å²) in [6.45, 7) is 2.54. The summed E-state index contributed by atoms with van der Waals surface area (Å²) in [5, 5.41) is 0. The summed E-state index contributed by atoms with van der Waals surface area (Å²) >= 11 is 0. The molecule has 0 saturated carbocycles. The maximum atomic E-state index is 12.6. The Labute approximate surface area is 171 Å². The Hall–Kier alpha value is -3.40. The molecular weight excluding hydrogens is 362 g/mol. The molecule has 3 rings (SSSR count). The van der Waals surface area contributed by atoms with Crippen LogP contribution in [0, 0.1) is 0 Å². The largest absolute Gasteiger partial charge is 0.494 e. The molecular formula is C25H25NO3. The SMILES string of the molecule is CCOc1cccc(C[C@H](N=C(c2ccccc2)c2ccccc2)C(=O)OC)c1. The summed E-state index contributed by atoms with van der Waals surface area (Å²) in [5.41, 5.74) is 3.64. The summed E-state index contributed by atoms with van der Waals surface area (Å²) in [4.78, 5) is 17.4. The van der Waals surface area contributed by atoms with Crippen molar-refractivity contribution in [3.05, 3.63) is 102 Å². The van der Waals surface area contributed by atoms with Crippen molar-refractivity contribution in [3.8, 4) is 5.75 Å². The normalized spacial score (nSPS) is 11.4. The number of methoxy groups -OCH3 is 1. The van der Waals surface area contributed by atoms with Gasteiger partial charge in [-0.05, 0) is 24.6 Å².